The van der Waals surface area contributed by atoms with Gasteiger partial charge in [0.05, 0.1) is 26.2 Å². The van der Waals surface area contributed by atoms with Gasteiger partial charge in [-0.1, -0.05) is 57.3 Å². The second-order valence-electron chi connectivity index (χ2n) is 6.17. The van der Waals surface area contributed by atoms with Gasteiger partial charge in [0.1, 0.15) is 0 Å². The Balaban J connectivity index is 0. The van der Waals surface area contributed by atoms with E-state index in [-0.39, 0.29) is 4.94 Å². The van der Waals surface area contributed by atoms with Gasteiger partial charge >= 0.3 is 10.4 Å². The zero-order valence-electron chi connectivity index (χ0n) is 15.4. The maximum atomic E-state index is 10.6. The summed E-state index contributed by atoms with van der Waals surface area (Å²) in [4.78, 5) is -0.0903. The summed E-state index contributed by atoms with van der Waals surface area (Å²) in [5, 5.41) is 0. The Morgan fingerprint density at radius 1 is 0.739 bits per heavy atom. The first-order valence-corrected chi connectivity index (χ1v) is 10.4. The third kappa shape index (κ3) is 16.4. The molecule has 0 spiro atoms. The van der Waals surface area contributed by atoms with Crippen molar-refractivity contribution in [3.63, 3.8) is 0 Å². The Morgan fingerprint density at radius 2 is 0.957 bits per heavy atom. The molecule has 0 aliphatic carbocycles. The predicted molar refractivity (Wildman–Crippen MR) is 93.6 cm³/mol. The highest BCUT2D eigenvalue weighted by Gasteiger charge is 2.24. The van der Waals surface area contributed by atoms with Gasteiger partial charge in [0.15, 0.2) is 0 Å². The SMILES string of the molecule is CCCC[N+](CCCC)(CCCC)CCCC.O=S(=O)(F)NF. The second-order valence-corrected chi connectivity index (χ2v) is 7.20. The molecule has 7 heteroatoms. The normalized spacial score (nSPS) is 11.9. The number of hydrogen-bond donors (Lipinski definition) is 1. The van der Waals surface area contributed by atoms with E-state index in [1.54, 1.807) is 0 Å². The number of nitrogens with one attached hydrogen (secondary N) is 1. The summed E-state index contributed by atoms with van der Waals surface area (Å²) < 4.78 is 40.0. The number of hydrogen-bond acceptors (Lipinski definition) is 2. The number of unbranched alkanes of at least 4 members (excludes halogenated alkanes) is 4. The summed E-state index contributed by atoms with van der Waals surface area (Å²) in [5.74, 6) is 0. The summed E-state index contributed by atoms with van der Waals surface area (Å²) >= 11 is 0. The monoisotopic (exact) mass is 359 g/mol. The van der Waals surface area contributed by atoms with Crippen LogP contribution in [0.4, 0.5) is 8.37 Å². The minimum atomic E-state index is -5.08. The molecule has 0 saturated carbocycles. The Bertz CT molecular complexity index is 314. The molecule has 0 aromatic carbocycles. The molecule has 0 aromatic rings. The van der Waals surface area contributed by atoms with Crippen molar-refractivity contribution in [3.05, 3.63) is 0 Å². The molecule has 0 unspecified atom stereocenters. The van der Waals surface area contributed by atoms with Gasteiger partial charge in [-0.15, -0.1) is 4.48 Å². The van der Waals surface area contributed by atoms with E-state index in [0.717, 1.165) is 0 Å². The first-order chi connectivity index (χ1) is 10.8. The van der Waals surface area contributed by atoms with Crippen molar-refractivity contribution in [3.8, 4) is 0 Å². The van der Waals surface area contributed by atoms with Crippen LogP contribution in [0.15, 0.2) is 0 Å². The molecule has 0 amide bonds. The van der Waals surface area contributed by atoms with Crippen LogP contribution in [0.5, 0.6) is 0 Å². The number of halogens is 2. The van der Waals surface area contributed by atoms with E-state index in [2.05, 4.69) is 27.7 Å². The molecule has 4 nitrogen and oxygen atoms in total. The fraction of sp³-hybridized carbons (Fsp3) is 1.00. The van der Waals surface area contributed by atoms with Gasteiger partial charge in [-0.25, -0.2) is 0 Å². The first-order valence-electron chi connectivity index (χ1n) is 8.97. The lowest BCUT2D eigenvalue weighted by atomic mass is 10.1. The average Bonchev–Trinajstić information content (AvgIpc) is 2.53. The molecule has 0 bridgehead atoms. The largest absolute Gasteiger partial charge is 0.398 e. The van der Waals surface area contributed by atoms with Crippen molar-refractivity contribution in [1.29, 1.82) is 0 Å². The van der Waals surface area contributed by atoms with E-state index in [4.69, 9.17) is 8.42 Å². The Morgan fingerprint density at radius 3 is 1.09 bits per heavy atom. The molecule has 0 fully saturated rings. The number of nitrogens with zero attached hydrogens (tertiary/aromatic N) is 1. The van der Waals surface area contributed by atoms with E-state index >= 15 is 0 Å². The van der Waals surface area contributed by atoms with Crippen LogP contribution >= 0.6 is 0 Å². The van der Waals surface area contributed by atoms with E-state index in [9.17, 15) is 8.37 Å². The standard InChI is InChI=1S/C16H36N.F2HNO2S/c1-5-9-13-17(14-10-6-2,15-11-7-3)16-12-8-4;1-3-6(2,4)5/h5-16H2,1-4H3;3H/q+1;. The topological polar surface area (TPSA) is 46.2 Å². The summed E-state index contributed by atoms with van der Waals surface area (Å²) in [6.07, 6.45) is 11.1. The molecule has 1 N–H and O–H groups in total. The highest BCUT2D eigenvalue weighted by atomic mass is 32.3. The van der Waals surface area contributed by atoms with Gasteiger partial charge in [0, 0.05) is 0 Å². The lowest BCUT2D eigenvalue weighted by Gasteiger charge is -2.39. The molecule has 0 aliphatic rings. The van der Waals surface area contributed by atoms with Gasteiger partial charge in [0.25, 0.3) is 0 Å². The minimum absolute atomic E-state index is 0.0903. The van der Waals surface area contributed by atoms with E-state index < -0.39 is 10.4 Å². The molecular weight excluding hydrogens is 322 g/mol. The Kier molecular flexibility index (Phi) is 16.6. The third-order valence-corrected chi connectivity index (χ3v) is 4.22. The predicted octanol–water partition coefficient (Wildman–Crippen LogP) is 4.68. The smallest absolute Gasteiger partial charge is 0.324 e. The molecule has 0 rings (SSSR count). The molecule has 0 aromatic heterocycles. The fourth-order valence-electron chi connectivity index (χ4n) is 2.64. The molecule has 0 saturated heterocycles. The second kappa shape index (κ2) is 15.3. The van der Waals surface area contributed by atoms with Crippen LogP contribution in [-0.2, 0) is 10.4 Å². The first kappa shape index (κ1) is 25.0. The van der Waals surface area contributed by atoms with Crippen molar-refractivity contribution in [2.24, 2.45) is 0 Å². The lowest BCUT2D eigenvalue weighted by molar-refractivity contribution is -0.929. The van der Waals surface area contributed by atoms with Gasteiger partial charge in [-0.3, -0.25) is 0 Å². The van der Waals surface area contributed by atoms with Crippen LogP contribution < -0.4 is 4.94 Å². The highest BCUT2D eigenvalue weighted by Crippen LogP contribution is 2.16. The number of rotatable bonds is 13. The number of quaternary nitrogens is 1. The average molecular weight is 360 g/mol. The van der Waals surface area contributed by atoms with Gasteiger partial charge < -0.3 is 4.48 Å². The fourth-order valence-corrected chi connectivity index (χ4v) is 2.64. The van der Waals surface area contributed by atoms with E-state index in [1.165, 1.54) is 82.0 Å². The Labute approximate surface area is 142 Å². The van der Waals surface area contributed by atoms with Crippen LogP contribution in [0.3, 0.4) is 0 Å². The van der Waals surface area contributed by atoms with Gasteiger partial charge in [-0.05, 0) is 30.6 Å². The van der Waals surface area contributed by atoms with Crippen LogP contribution in [0, 0.1) is 0 Å². The van der Waals surface area contributed by atoms with Crippen LogP contribution in [0.1, 0.15) is 79.1 Å². The zero-order chi connectivity index (χ0) is 18.2. The highest BCUT2D eigenvalue weighted by molar-refractivity contribution is 7.84. The third-order valence-electron chi connectivity index (χ3n) is 4.04. The lowest BCUT2D eigenvalue weighted by Crippen LogP contribution is -2.50. The van der Waals surface area contributed by atoms with E-state index in [1.807, 2.05) is 0 Å². The van der Waals surface area contributed by atoms with Crippen molar-refractivity contribution in [1.82, 2.24) is 4.94 Å². The van der Waals surface area contributed by atoms with Crippen LogP contribution in [0.25, 0.3) is 0 Å². The van der Waals surface area contributed by atoms with Gasteiger partial charge in [-0.2, -0.15) is 8.42 Å². The summed E-state index contributed by atoms with van der Waals surface area (Å²) in [7, 11) is -5.08. The van der Waals surface area contributed by atoms with E-state index in [0.29, 0.717) is 0 Å². The Hall–Kier alpha value is -0.270. The molecule has 23 heavy (non-hydrogen) atoms. The molecule has 142 valence electrons. The summed E-state index contributed by atoms with van der Waals surface area (Å²) in [6.45, 7) is 15.0. The quantitative estimate of drug-likeness (QED) is 0.295. The maximum absolute atomic E-state index is 10.6. The van der Waals surface area contributed by atoms with Crippen LogP contribution in [0.2, 0.25) is 0 Å². The van der Waals surface area contributed by atoms with Crippen molar-refractivity contribution < 1.29 is 21.3 Å². The molecule has 0 atom stereocenters. The zero-order valence-corrected chi connectivity index (χ0v) is 16.2. The molecular formula is C16H37F2N2O2S+. The minimum Gasteiger partial charge on any atom is -0.324 e. The van der Waals surface area contributed by atoms with Crippen molar-refractivity contribution in [2.75, 3.05) is 26.2 Å². The molecule has 0 radical (unpaired) electrons. The van der Waals surface area contributed by atoms with Crippen molar-refractivity contribution in [2.45, 2.75) is 79.1 Å². The van der Waals surface area contributed by atoms with Crippen LogP contribution in [-0.4, -0.2) is 39.1 Å². The summed E-state index contributed by atoms with van der Waals surface area (Å²) in [5.41, 5.74) is 0. The molecule has 0 heterocycles. The maximum Gasteiger partial charge on any atom is 0.398 e. The van der Waals surface area contributed by atoms with Crippen molar-refractivity contribution >= 4 is 10.4 Å². The molecule has 0 aliphatic heterocycles. The van der Waals surface area contributed by atoms with Gasteiger partial charge in [0.2, 0.25) is 0 Å². The summed E-state index contributed by atoms with van der Waals surface area (Å²) in [6, 6.07) is 0.